The van der Waals surface area contributed by atoms with Gasteiger partial charge in [-0.15, -0.1) is 0 Å². The molecule has 2 heteroatoms. The van der Waals surface area contributed by atoms with Gasteiger partial charge in [0, 0.05) is 18.6 Å². The Labute approximate surface area is 76.3 Å². The molecule has 2 atom stereocenters. The fourth-order valence-electron chi connectivity index (χ4n) is 2.09. The average Bonchev–Trinajstić information content (AvgIpc) is 2.58. The molecular formula is C10H22N2. The summed E-state index contributed by atoms with van der Waals surface area (Å²) >= 11 is 0. The number of rotatable bonds is 4. The van der Waals surface area contributed by atoms with Crippen LogP contribution in [0.4, 0.5) is 0 Å². The van der Waals surface area contributed by atoms with Crippen molar-refractivity contribution in [3.8, 4) is 0 Å². The van der Waals surface area contributed by atoms with E-state index < -0.39 is 0 Å². The van der Waals surface area contributed by atoms with Gasteiger partial charge in [-0.25, -0.2) is 0 Å². The second-order valence-electron chi connectivity index (χ2n) is 3.73. The summed E-state index contributed by atoms with van der Waals surface area (Å²) in [6, 6.07) is 1.55. The Bertz CT molecular complexity index is 119. The van der Waals surface area contributed by atoms with E-state index in [0.717, 1.165) is 12.1 Å². The Kier molecular flexibility index (Phi) is 4.02. The highest BCUT2D eigenvalue weighted by atomic mass is 15.2. The Morgan fingerprint density at radius 1 is 1.50 bits per heavy atom. The van der Waals surface area contributed by atoms with E-state index in [4.69, 9.17) is 0 Å². The molecule has 0 aromatic rings. The van der Waals surface area contributed by atoms with Crippen molar-refractivity contribution < 1.29 is 0 Å². The van der Waals surface area contributed by atoms with Gasteiger partial charge in [-0.2, -0.15) is 0 Å². The predicted molar refractivity (Wildman–Crippen MR) is 53.4 cm³/mol. The van der Waals surface area contributed by atoms with E-state index in [1.54, 1.807) is 0 Å². The van der Waals surface area contributed by atoms with E-state index in [2.05, 4.69) is 31.0 Å². The average molecular weight is 170 g/mol. The zero-order chi connectivity index (χ0) is 8.97. The molecule has 1 rings (SSSR count). The van der Waals surface area contributed by atoms with Crippen LogP contribution >= 0.6 is 0 Å². The van der Waals surface area contributed by atoms with Crippen LogP contribution in [-0.4, -0.2) is 36.6 Å². The van der Waals surface area contributed by atoms with Gasteiger partial charge in [-0.05, 0) is 32.9 Å². The SMILES string of the molecule is CCC(C)N(CC)C1CCNC1. The van der Waals surface area contributed by atoms with Crippen LogP contribution in [0.25, 0.3) is 0 Å². The zero-order valence-electron chi connectivity index (χ0n) is 8.64. The molecule has 0 aromatic carbocycles. The largest absolute Gasteiger partial charge is 0.315 e. The van der Waals surface area contributed by atoms with Gasteiger partial charge < -0.3 is 5.32 Å². The molecule has 2 unspecified atom stereocenters. The first kappa shape index (κ1) is 10.0. The van der Waals surface area contributed by atoms with Gasteiger partial charge in [-0.3, -0.25) is 4.90 Å². The first-order valence-corrected chi connectivity index (χ1v) is 5.26. The van der Waals surface area contributed by atoms with E-state index in [0.29, 0.717) is 0 Å². The lowest BCUT2D eigenvalue weighted by molar-refractivity contribution is 0.158. The molecule has 1 N–H and O–H groups in total. The number of nitrogens with one attached hydrogen (secondary N) is 1. The minimum Gasteiger partial charge on any atom is -0.315 e. The lowest BCUT2D eigenvalue weighted by Gasteiger charge is -2.32. The van der Waals surface area contributed by atoms with Crippen molar-refractivity contribution in [2.24, 2.45) is 0 Å². The minimum absolute atomic E-state index is 0.750. The molecule has 72 valence electrons. The van der Waals surface area contributed by atoms with Crippen molar-refractivity contribution in [3.63, 3.8) is 0 Å². The Morgan fingerprint density at radius 3 is 2.67 bits per heavy atom. The van der Waals surface area contributed by atoms with Gasteiger partial charge in [0.15, 0.2) is 0 Å². The Balaban J connectivity index is 2.42. The highest BCUT2D eigenvalue weighted by Gasteiger charge is 2.23. The smallest absolute Gasteiger partial charge is 0.0235 e. The maximum Gasteiger partial charge on any atom is 0.0235 e. The van der Waals surface area contributed by atoms with Crippen LogP contribution in [0.5, 0.6) is 0 Å². The summed E-state index contributed by atoms with van der Waals surface area (Å²) in [6.07, 6.45) is 2.60. The van der Waals surface area contributed by atoms with Crippen molar-refractivity contribution in [1.82, 2.24) is 10.2 Å². The van der Waals surface area contributed by atoms with E-state index >= 15 is 0 Å². The molecule has 2 nitrogen and oxygen atoms in total. The van der Waals surface area contributed by atoms with Crippen molar-refractivity contribution in [2.75, 3.05) is 19.6 Å². The van der Waals surface area contributed by atoms with E-state index in [1.165, 1.54) is 32.5 Å². The molecule has 1 saturated heterocycles. The quantitative estimate of drug-likeness (QED) is 0.687. The fraction of sp³-hybridized carbons (Fsp3) is 1.00. The highest BCUT2D eigenvalue weighted by molar-refractivity contribution is 4.82. The van der Waals surface area contributed by atoms with Crippen molar-refractivity contribution in [3.05, 3.63) is 0 Å². The number of nitrogens with zero attached hydrogens (tertiary/aromatic N) is 1. The van der Waals surface area contributed by atoms with Gasteiger partial charge >= 0.3 is 0 Å². The summed E-state index contributed by atoms with van der Waals surface area (Å²) in [4.78, 5) is 2.62. The van der Waals surface area contributed by atoms with Gasteiger partial charge in [0.25, 0.3) is 0 Å². The second kappa shape index (κ2) is 4.83. The molecule has 0 aliphatic carbocycles. The lowest BCUT2D eigenvalue weighted by Crippen LogP contribution is -2.42. The molecule has 1 aliphatic heterocycles. The monoisotopic (exact) mass is 170 g/mol. The number of hydrogen-bond acceptors (Lipinski definition) is 2. The van der Waals surface area contributed by atoms with Crippen LogP contribution in [-0.2, 0) is 0 Å². The second-order valence-corrected chi connectivity index (χ2v) is 3.73. The highest BCUT2D eigenvalue weighted by Crippen LogP contribution is 2.13. The molecule has 0 spiro atoms. The fourth-order valence-corrected chi connectivity index (χ4v) is 2.09. The third-order valence-electron chi connectivity index (χ3n) is 3.03. The van der Waals surface area contributed by atoms with Crippen LogP contribution in [0.15, 0.2) is 0 Å². The summed E-state index contributed by atoms with van der Waals surface area (Å²) in [5.41, 5.74) is 0. The normalized spacial score (nSPS) is 26.5. The maximum absolute atomic E-state index is 3.42. The van der Waals surface area contributed by atoms with Crippen LogP contribution < -0.4 is 5.32 Å². The first-order chi connectivity index (χ1) is 5.79. The van der Waals surface area contributed by atoms with Crippen LogP contribution in [0, 0.1) is 0 Å². The Hall–Kier alpha value is -0.0800. The van der Waals surface area contributed by atoms with E-state index in [1.807, 2.05) is 0 Å². The topological polar surface area (TPSA) is 15.3 Å². The molecule has 1 fully saturated rings. The van der Waals surface area contributed by atoms with Gasteiger partial charge in [0.2, 0.25) is 0 Å². The van der Waals surface area contributed by atoms with Crippen LogP contribution in [0.1, 0.15) is 33.6 Å². The molecule has 12 heavy (non-hydrogen) atoms. The predicted octanol–water partition coefficient (Wildman–Crippen LogP) is 1.47. The van der Waals surface area contributed by atoms with Gasteiger partial charge in [0.05, 0.1) is 0 Å². The summed E-state index contributed by atoms with van der Waals surface area (Å²) in [5, 5.41) is 3.42. The van der Waals surface area contributed by atoms with Crippen LogP contribution in [0.2, 0.25) is 0 Å². The van der Waals surface area contributed by atoms with Crippen molar-refractivity contribution in [2.45, 2.75) is 45.7 Å². The minimum atomic E-state index is 0.750. The molecule has 0 bridgehead atoms. The molecule has 1 heterocycles. The maximum atomic E-state index is 3.42. The summed E-state index contributed by atoms with van der Waals surface area (Å²) in [5.74, 6) is 0. The summed E-state index contributed by atoms with van der Waals surface area (Å²) in [6.45, 7) is 10.5. The summed E-state index contributed by atoms with van der Waals surface area (Å²) < 4.78 is 0. The number of hydrogen-bond donors (Lipinski definition) is 1. The molecule has 0 saturated carbocycles. The third kappa shape index (κ3) is 2.20. The van der Waals surface area contributed by atoms with Gasteiger partial charge in [0.1, 0.15) is 0 Å². The summed E-state index contributed by atoms with van der Waals surface area (Å²) in [7, 11) is 0. The molecule has 1 aliphatic rings. The molecule has 0 radical (unpaired) electrons. The first-order valence-electron chi connectivity index (χ1n) is 5.26. The van der Waals surface area contributed by atoms with E-state index in [9.17, 15) is 0 Å². The zero-order valence-corrected chi connectivity index (χ0v) is 8.64. The lowest BCUT2D eigenvalue weighted by atomic mass is 10.1. The third-order valence-corrected chi connectivity index (χ3v) is 3.03. The van der Waals surface area contributed by atoms with Crippen LogP contribution in [0.3, 0.4) is 0 Å². The van der Waals surface area contributed by atoms with E-state index in [-0.39, 0.29) is 0 Å². The van der Waals surface area contributed by atoms with Crippen molar-refractivity contribution >= 4 is 0 Å². The molecule has 0 aromatic heterocycles. The Morgan fingerprint density at radius 2 is 2.25 bits per heavy atom. The molecular weight excluding hydrogens is 148 g/mol. The molecule has 0 amide bonds. The number of likely N-dealkylation sites (N-methyl/N-ethyl adjacent to an activating group) is 1. The van der Waals surface area contributed by atoms with Gasteiger partial charge in [-0.1, -0.05) is 13.8 Å². The van der Waals surface area contributed by atoms with Crippen molar-refractivity contribution in [1.29, 1.82) is 0 Å². The standard InChI is InChI=1S/C10H22N2/c1-4-9(3)12(5-2)10-6-7-11-8-10/h9-11H,4-8H2,1-3H3.